The number of nitrogens with zero attached hydrogens (tertiary/aromatic N) is 1. The van der Waals surface area contributed by atoms with Crippen LogP contribution in [0, 0.1) is 0 Å². The van der Waals surface area contributed by atoms with Gasteiger partial charge < -0.3 is 9.57 Å². The zero-order valence-electron chi connectivity index (χ0n) is 14.5. The molecule has 0 atom stereocenters. The first kappa shape index (κ1) is 16.8. The monoisotopic (exact) mass is 355 g/mol. The highest BCUT2D eigenvalue weighted by Gasteiger charge is 2.27. The molecule has 132 valence electrons. The van der Waals surface area contributed by atoms with Gasteiger partial charge in [0.2, 0.25) is 0 Å². The normalized spacial score (nSPS) is 14.7. The Morgan fingerprint density at radius 1 is 0.852 bits per heavy atom. The second-order valence-corrected chi connectivity index (χ2v) is 6.05. The van der Waals surface area contributed by atoms with Crippen molar-refractivity contribution in [3.8, 4) is 5.75 Å². The van der Waals surface area contributed by atoms with Gasteiger partial charge in [0.05, 0.1) is 5.57 Å². The third-order valence-corrected chi connectivity index (χ3v) is 4.20. The molecule has 27 heavy (non-hydrogen) atoms. The lowest BCUT2D eigenvalue weighted by Gasteiger charge is -2.10. The Morgan fingerprint density at radius 2 is 1.52 bits per heavy atom. The number of carbonyl (C=O) groups is 1. The summed E-state index contributed by atoms with van der Waals surface area (Å²) in [6.45, 7) is 0.450. The summed E-state index contributed by atoms with van der Waals surface area (Å²) in [5.41, 5.74) is 3.64. The van der Waals surface area contributed by atoms with E-state index in [4.69, 9.17) is 9.57 Å². The maximum absolute atomic E-state index is 12.2. The largest absolute Gasteiger partial charge is 0.488 e. The van der Waals surface area contributed by atoms with Crippen LogP contribution in [0.25, 0.3) is 6.08 Å². The van der Waals surface area contributed by atoms with E-state index >= 15 is 0 Å². The van der Waals surface area contributed by atoms with E-state index in [-0.39, 0.29) is 0 Å². The van der Waals surface area contributed by atoms with Gasteiger partial charge in [0.15, 0.2) is 0 Å². The number of ether oxygens (including phenoxy) is 1. The summed E-state index contributed by atoms with van der Waals surface area (Å²) in [6.07, 6.45) is 1.77. The molecule has 0 radical (unpaired) electrons. The summed E-state index contributed by atoms with van der Waals surface area (Å²) in [6, 6.07) is 27.0. The molecule has 1 aliphatic rings. The number of carbonyl (C=O) groups excluding carboxylic acids is 1. The van der Waals surface area contributed by atoms with Gasteiger partial charge in [-0.2, -0.15) is 0 Å². The number of hydrogen-bond donors (Lipinski definition) is 0. The van der Waals surface area contributed by atoms with Crippen LogP contribution in [0.4, 0.5) is 0 Å². The Balaban J connectivity index is 1.63. The highest BCUT2D eigenvalue weighted by molar-refractivity contribution is 6.31. The van der Waals surface area contributed by atoms with Crippen molar-refractivity contribution in [2.24, 2.45) is 5.16 Å². The average molecular weight is 355 g/mol. The van der Waals surface area contributed by atoms with Crippen LogP contribution in [0.3, 0.4) is 0 Å². The van der Waals surface area contributed by atoms with Crippen LogP contribution in [0.1, 0.15) is 16.7 Å². The minimum absolute atomic E-state index is 0.414. The lowest BCUT2D eigenvalue weighted by atomic mass is 10.0. The van der Waals surface area contributed by atoms with Crippen molar-refractivity contribution in [3.05, 3.63) is 107 Å². The van der Waals surface area contributed by atoms with Crippen molar-refractivity contribution in [1.82, 2.24) is 0 Å². The van der Waals surface area contributed by atoms with Crippen molar-refractivity contribution < 1.29 is 14.4 Å². The van der Waals surface area contributed by atoms with Crippen molar-refractivity contribution in [3.63, 3.8) is 0 Å². The highest BCUT2D eigenvalue weighted by Crippen LogP contribution is 2.26. The molecule has 3 aromatic carbocycles. The predicted molar refractivity (Wildman–Crippen MR) is 104 cm³/mol. The van der Waals surface area contributed by atoms with E-state index < -0.39 is 5.97 Å². The second kappa shape index (κ2) is 7.70. The number of benzene rings is 3. The molecule has 0 unspecified atom stereocenters. The molecule has 4 rings (SSSR count). The fourth-order valence-electron chi connectivity index (χ4n) is 2.84. The maximum atomic E-state index is 12.2. The Morgan fingerprint density at radius 3 is 2.30 bits per heavy atom. The number of para-hydroxylation sites is 1. The van der Waals surface area contributed by atoms with E-state index in [1.54, 1.807) is 6.08 Å². The third kappa shape index (κ3) is 3.80. The Kier molecular flexibility index (Phi) is 4.79. The van der Waals surface area contributed by atoms with Gasteiger partial charge in [0, 0.05) is 11.1 Å². The quantitative estimate of drug-likeness (QED) is 0.496. The molecule has 0 bridgehead atoms. The van der Waals surface area contributed by atoms with E-state index in [0.29, 0.717) is 23.6 Å². The molecule has 0 aliphatic carbocycles. The van der Waals surface area contributed by atoms with Gasteiger partial charge in [0.1, 0.15) is 18.1 Å². The molecule has 3 aromatic rings. The van der Waals surface area contributed by atoms with E-state index in [1.165, 1.54) is 0 Å². The number of hydrogen-bond acceptors (Lipinski definition) is 4. The van der Waals surface area contributed by atoms with Gasteiger partial charge in [0.25, 0.3) is 0 Å². The van der Waals surface area contributed by atoms with Crippen LogP contribution in [0.2, 0.25) is 0 Å². The summed E-state index contributed by atoms with van der Waals surface area (Å²) < 4.78 is 5.97. The van der Waals surface area contributed by atoms with E-state index in [9.17, 15) is 4.79 Å². The first-order valence-electron chi connectivity index (χ1n) is 8.64. The summed E-state index contributed by atoms with van der Waals surface area (Å²) in [5, 5.41) is 3.95. The predicted octanol–water partition coefficient (Wildman–Crippen LogP) is 4.61. The van der Waals surface area contributed by atoms with Crippen molar-refractivity contribution in [1.29, 1.82) is 0 Å². The van der Waals surface area contributed by atoms with Gasteiger partial charge >= 0.3 is 5.97 Å². The topological polar surface area (TPSA) is 47.9 Å². The smallest absolute Gasteiger partial charge is 0.368 e. The molecular weight excluding hydrogens is 338 g/mol. The third-order valence-electron chi connectivity index (χ3n) is 4.20. The summed E-state index contributed by atoms with van der Waals surface area (Å²) in [7, 11) is 0. The van der Waals surface area contributed by atoms with Gasteiger partial charge in [-0.3, -0.25) is 0 Å². The zero-order valence-corrected chi connectivity index (χ0v) is 14.5. The molecule has 0 N–H and O–H groups in total. The lowest BCUT2D eigenvalue weighted by molar-refractivity contribution is -0.136. The summed E-state index contributed by atoms with van der Waals surface area (Å²) in [4.78, 5) is 17.1. The van der Waals surface area contributed by atoms with E-state index in [2.05, 4.69) is 5.16 Å². The molecule has 1 heterocycles. The molecule has 0 saturated carbocycles. The second-order valence-electron chi connectivity index (χ2n) is 6.05. The number of rotatable bonds is 5. The first-order chi connectivity index (χ1) is 13.3. The molecule has 4 heteroatoms. The Hall–Kier alpha value is -3.66. The van der Waals surface area contributed by atoms with Crippen LogP contribution in [0.5, 0.6) is 5.75 Å². The van der Waals surface area contributed by atoms with Gasteiger partial charge in [-0.1, -0.05) is 84.0 Å². The molecule has 0 amide bonds. The molecule has 0 saturated heterocycles. The standard InChI is InChI=1S/C23H17NO3/c25-23-20(22(24-27-23)18-11-5-2-6-12-18)15-19-13-7-8-14-21(19)26-16-17-9-3-1-4-10-17/h1-15H,16H2/b20-15+. The van der Waals surface area contributed by atoms with Gasteiger partial charge in [-0.05, 0) is 17.7 Å². The van der Waals surface area contributed by atoms with Crippen LogP contribution >= 0.6 is 0 Å². The molecule has 0 fully saturated rings. The molecule has 4 nitrogen and oxygen atoms in total. The first-order valence-corrected chi connectivity index (χ1v) is 8.64. The number of oxime groups is 1. The van der Waals surface area contributed by atoms with Crippen LogP contribution in [-0.4, -0.2) is 11.7 Å². The average Bonchev–Trinajstić information content (AvgIpc) is 3.09. The van der Waals surface area contributed by atoms with E-state index in [1.807, 2.05) is 84.9 Å². The van der Waals surface area contributed by atoms with Gasteiger partial charge in [-0.25, -0.2) is 4.79 Å². The van der Waals surface area contributed by atoms with Crippen LogP contribution in [0.15, 0.2) is 95.7 Å². The van der Waals surface area contributed by atoms with Crippen LogP contribution < -0.4 is 4.74 Å². The SMILES string of the molecule is O=C1ON=C(c2ccccc2)/C1=C\c1ccccc1OCc1ccccc1. The summed E-state index contributed by atoms with van der Waals surface area (Å²) >= 11 is 0. The highest BCUT2D eigenvalue weighted by atomic mass is 16.7. The van der Waals surface area contributed by atoms with Crippen molar-refractivity contribution in [2.45, 2.75) is 6.61 Å². The maximum Gasteiger partial charge on any atom is 0.368 e. The van der Waals surface area contributed by atoms with Crippen molar-refractivity contribution in [2.75, 3.05) is 0 Å². The van der Waals surface area contributed by atoms with Crippen LogP contribution in [-0.2, 0) is 16.2 Å². The summed E-state index contributed by atoms with van der Waals surface area (Å²) in [5.74, 6) is 0.229. The lowest BCUT2D eigenvalue weighted by Crippen LogP contribution is -2.07. The zero-order chi connectivity index (χ0) is 18.5. The Labute approximate surface area is 157 Å². The van der Waals surface area contributed by atoms with Crippen molar-refractivity contribution >= 4 is 17.8 Å². The molecular formula is C23H17NO3. The fourth-order valence-corrected chi connectivity index (χ4v) is 2.84. The van der Waals surface area contributed by atoms with Gasteiger partial charge in [-0.15, -0.1) is 0 Å². The van der Waals surface area contributed by atoms with E-state index in [0.717, 1.165) is 16.7 Å². The Bertz CT molecular complexity index is 1010. The fraction of sp³-hybridized carbons (Fsp3) is 0.0435. The molecule has 0 aromatic heterocycles. The molecule has 0 spiro atoms. The minimum Gasteiger partial charge on any atom is -0.488 e. The minimum atomic E-state index is -0.466. The molecule has 1 aliphatic heterocycles.